The Balaban J connectivity index is 2.02. The molecule has 2 rings (SSSR count). The van der Waals surface area contributed by atoms with Gasteiger partial charge in [0.1, 0.15) is 5.69 Å². The van der Waals surface area contributed by atoms with Crippen molar-refractivity contribution >= 4 is 23.2 Å². The zero-order valence-corrected chi connectivity index (χ0v) is 15.4. The van der Waals surface area contributed by atoms with Crippen molar-refractivity contribution in [1.29, 1.82) is 0 Å². The normalized spacial score (nSPS) is 11.7. The van der Waals surface area contributed by atoms with Gasteiger partial charge in [-0.05, 0) is 32.6 Å². The molecule has 0 aliphatic heterocycles. The SMILES string of the molecule is Cc1ccc([C@H](CNC(=O)C(=O)Nc2ccccc2[N+](=O)[O-])N(C)C)cc1. The van der Waals surface area contributed by atoms with Gasteiger partial charge in [0.25, 0.3) is 5.69 Å². The third kappa shape index (κ3) is 5.35. The average Bonchev–Trinajstić information content (AvgIpc) is 2.63. The number of nitro benzene ring substituents is 1. The van der Waals surface area contributed by atoms with E-state index in [1.165, 1.54) is 18.2 Å². The van der Waals surface area contributed by atoms with Crippen molar-refractivity contribution in [2.45, 2.75) is 13.0 Å². The molecule has 0 bridgehead atoms. The van der Waals surface area contributed by atoms with Gasteiger partial charge in [-0.3, -0.25) is 19.7 Å². The molecule has 0 aliphatic rings. The number of hydrogen-bond acceptors (Lipinski definition) is 5. The Kier molecular flexibility index (Phi) is 6.62. The van der Waals surface area contributed by atoms with Crippen molar-refractivity contribution in [3.05, 3.63) is 69.8 Å². The summed E-state index contributed by atoms with van der Waals surface area (Å²) >= 11 is 0. The smallest absolute Gasteiger partial charge is 0.313 e. The second kappa shape index (κ2) is 8.91. The fourth-order valence-electron chi connectivity index (χ4n) is 2.57. The third-order valence-electron chi connectivity index (χ3n) is 4.10. The summed E-state index contributed by atoms with van der Waals surface area (Å²) < 4.78 is 0. The van der Waals surface area contributed by atoms with Crippen molar-refractivity contribution in [1.82, 2.24) is 10.2 Å². The van der Waals surface area contributed by atoms with Gasteiger partial charge >= 0.3 is 11.8 Å². The minimum Gasteiger partial charge on any atom is -0.346 e. The fourth-order valence-corrected chi connectivity index (χ4v) is 2.57. The predicted octanol–water partition coefficient (Wildman–Crippen LogP) is 2.26. The number of nitro groups is 1. The van der Waals surface area contributed by atoms with Crippen LogP contribution in [0.3, 0.4) is 0 Å². The first kappa shape index (κ1) is 20.1. The van der Waals surface area contributed by atoms with Crippen LogP contribution >= 0.6 is 0 Å². The number of para-hydroxylation sites is 2. The van der Waals surface area contributed by atoms with Crippen molar-refractivity contribution < 1.29 is 14.5 Å². The monoisotopic (exact) mass is 370 g/mol. The van der Waals surface area contributed by atoms with Gasteiger partial charge in [-0.1, -0.05) is 42.0 Å². The fraction of sp³-hybridized carbons (Fsp3) is 0.263. The Morgan fingerprint density at radius 2 is 1.70 bits per heavy atom. The lowest BCUT2D eigenvalue weighted by atomic mass is 10.0. The largest absolute Gasteiger partial charge is 0.346 e. The Hall–Kier alpha value is -3.26. The molecule has 0 fully saturated rings. The number of hydrogen-bond donors (Lipinski definition) is 2. The number of aryl methyl sites for hydroxylation is 1. The summed E-state index contributed by atoms with van der Waals surface area (Å²) in [6, 6.07) is 13.4. The Bertz CT molecular complexity index is 834. The molecule has 142 valence electrons. The number of rotatable bonds is 6. The summed E-state index contributed by atoms with van der Waals surface area (Å²) in [6.07, 6.45) is 0. The second-order valence-corrected chi connectivity index (χ2v) is 6.33. The molecule has 1 atom stereocenters. The molecule has 0 unspecified atom stereocenters. The van der Waals surface area contributed by atoms with Crippen LogP contribution in [0.4, 0.5) is 11.4 Å². The second-order valence-electron chi connectivity index (χ2n) is 6.33. The molecule has 27 heavy (non-hydrogen) atoms. The molecule has 2 aromatic rings. The molecule has 8 nitrogen and oxygen atoms in total. The van der Waals surface area contributed by atoms with Crippen LogP contribution < -0.4 is 10.6 Å². The van der Waals surface area contributed by atoms with Gasteiger partial charge in [-0.15, -0.1) is 0 Å². The molecule has 0 aromatic heterocycles. The number of carbonyl (C=O) groups is 2. The number of likely N-dealkylation sites (N-methyl/N-ethyl adjacent to an activating group) is 1. The first-order valence-electron chi connectivity index (χ1n) is 8.35. The molecule has 0 aliphatic carbocycles. The lowest BCUT2D eigenvalue weighted by Gasteiger charge is -2.25. The molecular formula is C19H22N4O4. The highest BCUT2D eigenvalue weighted by molar-refractivity contribution is 6.39. The van der Waals surface area contributed by atoms with Crippen LogP contribution in [0.25, 0.3) is 0 Å². The number of carbonyl (C=O) groups excluding carboxylic acids is 2. The minimum absolute atomic E-state index is 0.0228. The van der Waals surface area contributed by atoms with E-state index in [-0.39, 0.29) is 24.0 Å². The van der Waals surface area contributed by atoms with Gasteiger partial charge in [-0.2, -0.15) is 0 Å². The summed E-state index contributed by atoms with van der Waals surface area (Å²) in [5, 5.41) is 15.9. The number of amides is 2. The van der Waals surface area contributed by atoms with Crippen LogP contribution in [0.1, 0.15) is 17.2 Å². The van der Waals surface area contributed by atoms with E-state index in [4.69, 9.17) is 0 Å². The highest BCUT2D eigenvalue weighted by Gasteiger charge is 2.21. The predicted molar refractivity (Wildman–Crippen MR) is 102 cm³/mol. The van der Waals surface area contributed by atoms with Gasteiger partial charge in [0.05, 0.1) is 11.0 Å². The van der Waals surface area contributed by atoms with E-state index in [2.05, 4.69) is 10.6 Å². The zero-order chi connectivity index (χ0) is 20.0. The quantitative estimate of drug-likeness (QED) is 0.461. The van der Waals surface area contributed by atoms with E-state index < -0.39 is 16.7 Å². The Labute approximate surface area is 157 Å². The highest BCUT2D eigenvalue weighted by Crippen LogP contribution is 2.23. The number of anilines is 1. The molecule has 0 saturated carbocycles. The van der Waals surface area contributed by atoms with Gasteiger partial charge in [0.2, 0.25) is 0 Å². The number of nitrogens with one attached hydrogen (secondary N) is 2. The van der Waals surface area contributed by atoms with Crippen molar-refractivity contribution in [3.63, 3.8) is 0 Å². The van der Waals surface area contributed by atoms with Gasteiger partial charge in [0.15, 0.2) is 0 Å². The topological polar surface area (TPSA) is 105 Å². The molecule has 8 heteroatoms. The molecule has 0 heterocycles. The lowest BCUT2D eigenvalue weighted by molar-refractivity contribution is -0.383. The molecular weight excluding hydrogens is 348 g/mol. The maximum absolute atomic E-state index is 12.1. The van der Waals surface area contributed by atoms with E-state index in [1.54, 1.807) is 6.07 Å². The summed E-state index contributed by atoms with van der Waals surface area (Å²) in [7, 11) is 3.76. The Morgan fingerprint density at radius 1 is 1.07 bits per heavy atom. The van der Waals surface area contributed by atoms with Crippen LogP contribution in [-0.2, 0) is 9.59 Å². The Morgan fingerprint density at radius 3 is 2.30 bits per heavy atom. The highest BCUT2D eigenvalue weighted by atomic mass is 16.6. The summed E-state index contributed by atoms with van der Waals surface area (Å²) in [6.45, 7) is 2.21. The van der Waals surface area contributed by atoms with Crippen molar-refractivity contribution in [3.8, 4) is 0 Å². The number of nitrogens with zero attached hydrogens (tertiary/aromatic N) is 2. The van der Waals surface area contributed by atoms with E-state index in [0.717, 1.165) is 11.1 Å². The van der Waals surface area contributed by atoms with Crippen molar-refractivity contribution in [2.24, 2.45) is 0 Å². The summed E-state index contributed by atoms with van der Waals surface area (Å²) in [5.74, 6) is -1.81. The van der Waals surface area contributed by atoms with Crippen LogP contribution in [0.15, 0.2) is 48.5 Å². The van der Waals surface area contributed by atoms with Crippen LogP contribution in [0.2, 0.25) is 0 Å². The van der Waals surface area contributed by atoms with Crippen molar-refractivity contribution in [2.75, 3.05) is 26.0 Å². The lowest BCUT2D eigenvalue weighted by Crippen LogP contribution is -2.40. The van der Waals surface area contributed by atoms with Gasteiger partial charge in [0, 0.05) is 12.6 Å². The number of benzene rings is 2. The van der Waals surface area contributed by atoms with E-state index in [0.29, 0.717) is 0 Å². The molecule has 0 spiro atoms. The molecule has 2 N–H and O–H groups in total. The van der Waals surface area contributed by atoms with E-state index in [9.17, 15) is 19.7 Å². The first-order chi connectivity index (χ1) is 12.8. The average molecular weight is 370 g/mol. The van der Waals surface area contributed by atoms with Crippen LogP contribution in [0.5, 0.6) is 0 Å². The first-order valence-corrected chi connectivity index (χ1v) is 8.35. The zero-order valence-electron chi connectivity index (χ0n) is 15.4. The molecule has 0 saturated heterocycles. The van der Waals surface area contributed by atoms with Crippen LogP contribution in [0, 0.1) is 17.0 Å². The van der Waals surface area contributed by atoms with E-state index >= 15 is 0 Å². The minimum atomic E-state index is -0.953. The van der Waals surface area contributed by atoms with Crippen LogP contribution in [-0.4, -0.2) is 42.3 Å². The molecule has 2 amide bonds. The third-order valence-corrected chi connectivity index (χ3v) is 4.10. The maximum Gasteiger partial charge on any atom is 0.313 e. The van der Waals surface area contributed by atoms with Gasteiger partial charge < -0.3 is 15.5 Å². The maximum atomic E-state index is 12.1. The van der Waals surface area contributed by atoms with Gasteiger partial charge in [-0.25, -0.2) is 0 Å². The molecule has 2 aromatic carbocycles. The molecule has 0 radical (unpaired) electrons. The summed E-state index contributed by atoms with van der Waals surface area (Å²) in [5.41, 5.74) is 1.84. The summed E-state index contributed by atoms with van der Waals surface area (Å²) in [4.78, 5) is 36.5. The van der Waals surface area contributed by atoms with E-state index in [1.807, 2.05) is 50.2 Å². The standard InChI is InChI=1S/C19H22N4O4/c1-13-8-10-14(11-9-13)17(22(2)3)12-20-18(24)19(25)21-15-6-4-5-7-16(15)23(26)27/h4-11,17H,12H2,1-3H3,(H,20,24)(H,21,25)/t17-/m0/s1.